The number of carbonyl (C=O) groups is 12. The van der Waals surface area contributed by atoms with Crippen LogP contribution in [-0.4, -0.2) is 178 Å². The molecule has 9 aromatic rings. The number of benzene rings is 9. The molecule has 6 saturated heterocycles. The van der Waals surface area contributed by atoms with Gasteiger partial charge in [0.15, 0.2) is 0 Å². The number of amides is 12. The molecule has 0 aliphatic carbocycles. The Morgan fingerprint density at radius 3 is 0.875 bits per heavy atom. The lowest BCUT2D eigenvalue weighted by Gasteiger charge is -2.32. The molecule has 12 atom stereocenters. The molecule has 6 heterocycles. The fraction of sp³-hybridized carbons (Fsp3) is 0.333. The maximum absolute atomic E-state index is 15.4. The van der Waals surface area contributed by atoms with Crippen LogP contribution in [0.15, 0.2) is 231 Å². The standard InChI is InChI=1S/C99H103F3N14O12/c100-99(101,102)72-42-41-69(55-80-92(122)113-83(52-62-24-11-4-12-25-62)98(128)115-44-15-28-84(115)93(123)108-75(88(118)107-80)47-59-18-5-1-6-19-59)74(56-72)67-38-33-64(34-39-67)48-76-87(117)105-78(90(120)111-81(50-60-20-7-2-8-21-60)96(126)114-43-16-29-85(114)94(124)109-76)53-65-35-40-71(58-104)73(46-65)66-36-31-63(32-37-66)49-77-89(119)106-79(54-68-26-13-14-27-70(68)57-103)91(121)112-82(51-61-22-9-3-10-23-61)97(127)116-45-17-30-86(116)95(125)110-77/h1-14,18-27,31-42,46,56,75-86H,15-17,28-30,43-45,47-55,57-58,103-104H2,(H,105,117)(H,106,119)(H,107,118)(H,108,123)(H,109,124)(H,110,125)(H,111,120)(H,112,121)(H,113,122)/t75-,76-,77-,78+,79+,80+,81-,82-,83-,84+,85+,86+/m0/s1. The fourth-order valence-corrected chi connectivity index (χ4v) is 18.3. The van der Waals surface area contributed by atoms with Gasteiger partial charge in [-0.1, -0.05) is 218 Å². The highest BCUT2D eigenvalue weighted by Crippen LogP contribution is 2.37. The molecule has 0 unspecified atom stereocenters. The number of hydrogen-bond acceptors (Lipinski definition) is 14. The van der Waals surface area contributed by atoms with E-state index in [0.717, 1.165) is 23.3 Å². The second-order valence-corrected chi connectivity index (χ2v) is 33.8. The zero-order valence-corrected chi connectivity index (χ0v) is 70.5. The van der Waals surface area contributed by atoms with E-state index in [-0.39, 0.29) is 107 Å². The molecule has 6 aliphatic heterocycles. The Hall–Kier alpha value is -13.7. The number of hydrogen-bond donors (Lipinski definition) is 11. The maximum atomic E-state index is 15.4. The Kier molecular flexibility index (Phi) is 28.1. The van der Waals surface area contributed by atoms with Crippen LogP contribution in [0.2, 0.25) is 0 Å². The van der Waals surface area contributed by atoms with Gasteiger partial charge in [-0.05, 0) is 134 Å². The lowest BCUT2D eigenvalue weighted by molar-refractivity contribution is -0.143. The predicted molar refractivity (Wildman–Crippen MR) is 472 cm³/mol. The summed E-state index contributed by atoms with van der Waals surface area (Å²) in [6, 6.07) is 50.3. The largest absolute Gasteiger partial charge is 0.416 e. The molecule has 26 nitrogen and oxygen atoms in total. The molecule has 6 aliphatic rings. The molecule has 9 aromatic carbocycles. The van der Waals surface area contributed by atoms with Gasteiger partial charge in [0.2, 0.25) is 70.9 Å². The first-order valence-corrected chi connectivity index (χ1v) is 43.7. The second-order valence-electron chi connectivity index (χ2n) is 33.8. The Bertz CT molecular complexity index is 5600. The van der Waals surface area contributed by atoms with Crippen molar-refractivity contribution in [2.75, 3.05) is 19.6 Å². The number of nitrogens with zero attached hydrogens (tertiary/aromatic N) is 3. The van der Waals surface area contributed by atoms with Gasteiger partial charge in [0.05, 0.1) is 5.56 Å². The van der Waals surface area contributed by atoms with Crippen molar-refractivity contribution in [1.29, 1.82) is 0 Å². The molecule has 15 rings (SSSR count). The van der Waals surface area contributed by atoms with E-state index in [0.29, 0.717) is 87.7 Å². The molecule has 662 valence electrons. The van der Waals surface area contributed by atoms with Crippen molar-refractivity contribution < 1.29 is 70.7 Å². The fourth-order valence-electron chi connectivity index (χ4n) is 18.3. The van der Waals surface area contributed by atoms with Crippen molar-refractivity contribution >= 4 is 70.9 Å². The molecule has 128 heavy (non-hydrogen) atoms. The van der Waals surface area contributed by atoms with Gasteiger partial charge in [-0.2, -0.15) is 13.2 Å². The Morgan fingerprint density at radius 1 is 0.266 bits per heavy atom. The van der Waals surface area contributed by atoms with Gasteiger partial charge in [0, 0.05) is 90.5 Å². The number of halogens is 3. The normalized spacial score (nSPS) is 23.5. The van der Waals surface area contributed by atoms with E-state index in [9.17, 15) is 38.4 Å². The first kappa shape index (κ1) is 89.2. The summed E-state index contributed by atoms with van der Waals surface area (Å²) in [5.74, 6) is -7.59. The van der Waals surface area contributed by atoms with Crippen molar-refractivity contribution in [2.45, 2.75) is 188 Å². The maximum Gasteiger partial charge on any atom is 0.416 e. The van der Waals surface area contributed by atoms with Gasteiger partial charge >= 0.3 is 6.18 Å². The quantitative estimate of drug-likeness (QED) is 0.0349. The van der Waals surface area contributed by atoms with Crippen molar-refractivity contribution in [3.05, 3.63) is 297 Å². The number of fused-ring (bicyclic) bond motifs is 3. The van der Waals surface area contributed by atoms with Crippen molar-refractivity contribution in [3.8, 4) is 22.3 Å². The van der Waals surface area contributed by atoms with E-state index >= 15 is 32.3 Å². The van der Waals surface area contributed by atoms with Crippen LogP contribution in [0.4, 0.5) is 13.2 Å². The summed E-state index contributed by atoms with van der Waals surface area (Å²) >= 11 is 0. The van der Waals surface area contributed by atoms with Gasteiger partial charge in [0.1, 0.15) is 72.5 Å². The van der Waals surface area contributed by atoms with E-state index in [1.807, 2.05) is 84.9 Å². The van der Waals surface area contributed by atoms with E-state index in [4.69, 9.17) is 11.5 Å². The third-order valence-corrected chi connectivity index (χ3v) is 25.2. The summed E-state index contributed by atoms with van der Waals surface area (Å²) in [4.78, 5) is 183. The van der Waals surface area contributed by atoms with Gasteiger partial charge in [-0.25, -0.2) is 0 Å². The zero-order valence-electron chi connectivity index (χ0n) is 70.5. The van der Waals surface area contributed by atoms with Crippen LogP contribution in [0.1, 0.15) is 105 Å². The molecule has 0 radical (unpaired) electrons. The number of carbonyl (C=O) groups excluding carboxylic acids is 12. The number of alkyl halides is 3. The van der Waals surface area contributed by atoms with Gasteiger partial charge in [-0.15, -0.1) is 0 Å². The Labute approximate surface area is 739 Å². The molecular weight excluding hydrogens is 1630 g/mol. The van der Waals surface area contributed by atoms with Crippen LogP contribution < -0.4 is 59.3 Å². The van der Waals surface area contributed by atoms with Crippen LogP contribution in [0.25, 0.3) is 22.3 Å². The minimum absolute atomic E-state index is 0.000246. The predicted octanol–water partition coefficient (Wildman–Crippen LogP) is 6.42. The SMILES string of the molecule is NCc1ccccc1C[C@H]1NC(=O)[C@H](Cc2ccc(-c3cc(C[C@H]4NC(=O)[C@H](Cc5ccc(-c6cc(C(F)(F)F)ccc6C[C@H]6NC(=O)[C@H](Cc7ccccc7)NC(=O)[C@H]7CCCN7C(=O)[C@H](Cc7ccccc7)NC6=O)cc5)NC(=O)[C@H]5CCCN5C(=O)[C@H](Cc5ccccc5)NC4=O)ccc3CN)cc2)NC(=O)[C@H]2CCCN2C(=O)[C@H](Cc2ccccc2)NC1=O. The van der Waals surface area contributed by atoms with E-state index in [1.165, 1.54) is 32.9 Å². The average Bonchev–Trinajstić information content (AvgIpc) is 1.71. The van der Waals surface area contributed by atoms with Crippen LogP contribution in [-0.2, 0) is 135 Å². The molecule has 0 aromatic heterocycles. The second kappa shape index (κ2) is 40.3. The van der Waals surface area contributed by atoms with Gasteiger partial charge in [0.25, 0.3) is 0 Å². The van der Waals surface area contributed by atoms with Crippen molar-refractivity contribution in [2.24, 2.45) is 11.5 Å². The summed E-state index contributed by atoms with van der Waals surface area (Å²) in [7, 11) is 0. The molecule has 0 spiro atoms. The first-order valence-electron chi connectivity index (χ1n) is 43.7. The van der Waals surface area contributed by atoms with Crippen molar-refractivity contribution in [3.63, 3.8) is 0 Å². The highest BCUT2D eigenvalue weighted by atomic mass is 19.4. The molecule has 0 saturated carbocycles. The summed E-state index contributed by atoms with van der Waals surface area (Å²) in [5, 5.41) is 26.3. The third kappa shape index (κ3) is 21.4. The molecular formula is C99H103F3N14O12. The molecule has 13 N–H and O–H groups in total. The lowest BCUT2D eigenvalue weighted by Crippen LogP contribution is -2.62. The number of nitrogens with two attached hydrogens (primary N) is 2. The lowest BCUT2D eigenvalue weighted by atomic mass is 9.91. The van der Waals surface area contributed by atoms with E-state index < -0.39 is 162 Å². The molecule has 6 fully saturated rings. The minimum atomic E-state index is -4.87. The highest BCUT2D eigenvalue weighted by molar-refractivity contribution is 6.01. The molecule has 29 heteroatoms. The van der Waals surface area contributed by atoms with Crippen molar-refractivity contribution in [1.82, 2.24) is 62.6 Å². The van der Waals surface area contributed by atoms with Crippen LogP contribution in [0, 0.1) is 0 Å². The van der Waals surface area contributed by atoms with Gasteiger partial charge in [-0.3, -0.25) is 57.5 Å². The monoisotopic (exact) mass is 1740 g/mol. The van der Waals surface area contributed by atoms with Crippen LogP contribution in [0.3, 0.4) is 0 Å². The highest BCUT2D eigenvalue weighted by Gasteiger charge is 2.46. The minimum Gasteiger partial charge on any atom is -0.342 e. The number of nitrogens with one attached hydrogen (secondary N) is 9. The average molecular weight is 1740 g/mol. The third-order valence-electron chi connectivity index (χ3n) is 25.2. The molecule has 0 bridgehead atoms. The first-order chi connectivity index (χ1) is 61.9. The van der Waals surface area contributed by atoms with Crippen LogP contribution >= 0.6 is 0 Å². The number of rotatable bonds is 22. The molecule has 12 amide bonds. The Morgan fingerprint density at radius 2 is 0.531 bits per heavy atom. The van der Waals surface area contributed by atoms with Gasteiger partial charge < -0.3 is 74.0 Å². The van der Waals surface area contributed by atoms with E-state index in [2.05, 4.69) is 47.9 Å². The smallest absolute Gasteiger partial charge is 0.342 e. The van der Waals surface area contributed by atoms with E-state index in [1.54, 1.807) is 115 Å². The summed E-state index contributed by atoms with van der Waals surface area (Å²) in [6.07, 6.45) is -3.40. The Balaban J connectivity index is 0.710. The summed E-state index contributed by atoms with van der Waals surface area (Å²) < 4.78 is 45.1. The summed E-state index contributed by atoms with van der Waals surface area (Å²) in [5.41, 5.74) is 19.7. The van der Waals surface area contributed by atoms with Crippen LogP contribution in [0.5, 0.6) is 0 Å². The zero-order chi connectivity index (χ0) is 89.7. The topological polar surface area (TPSA) is 375 Å². The summed E-state index contributed by atoms with van der Waals surface area (Å²) in [6.45, 7) is 0.806.